The Morgan fingerprint density at radius 2 is 1.75 bits per heavy atom. The van der Waals surface area contributed by atoms with E-state index in [1.807, 2.05) is 25.1 Å². The molecule has 0 atom stereocenters. The molecular formula is C24H27F3N4O. The first-order valence-electron chi connectivity index (χ1n) is 10.5. The summed E-state index contributed by atoms with van der Waals surface area (Å²) < 4.78 is 46.2. The molecule has 0 aliphatic heterocycles. The van der Waals surface area contributed by atoms with Crippen LogP contribution in [0.3, 0.4) is 0 Å². The number of benzene rings is 2. The molecule has 3 aromatic rings. The van der Waals surface area contributed by atoms with E-state index in [1.54, 1.807) is 30.3 Å². The summed E-state index contributed by atoms with van der Waals surface area (Å²) in [7, 11) is 0. The second-order valence-corrected chi connectivity index (χ2v) is 7.87. The molecule has 0 saturated carbocycles. The Kier molecular flexibility index (Phi) is 7.56. The molecule has 0 bridgehead atoms. The van der Waals surface area contributed by atoms with Crippen LogP contribution in [0.25, 0.3) is 0 Å². The fraction of sp³-hybridized carbons (Fsp3) is 0.333. The highest BCUT2D eigenvalue weighted by Crippen LogP contribution is 2.35. The van der Waals surface area contributed by atoms with Gasteiger partial charge in [0.25, 0.3) is 0 Å². The van der Waals surface area contributed by atoms with Crippen molar-refractivity contribution in [2.24, 2.45) is 5.92 Å². The molecule has 1 aromatic heterocycles. The van der Waals surface area contributed by atoms with Crippen molar-refractivity contribution in [2.45, 2.75) is 39.8 Å². The first-order valence-corrected chi connectivity index (χ1v) is 10.5. The third-order valence-electron chi connectivity index (χ3n) is 4.51. The standard InChI is InChI=1S/C24H27F3N4O/c1-4-12-32-20-10-8-18(9-11-20)30-23-28-15-21(24(25,26)27)22(31-23)29-19-7-5-6-17(14-19)13-16(2)3/h5-11,14-16H,4,12-13H2,1-3H3,(H2,28,29,30,31). The van der Waals surface area contributed by atoms with Crippen molar-refractivity contribution < 1.29 is 17.9 Å². The van der Waals surface area contributed by atoms with E-state index in [9.17, 15) is 13.2 Å². The van der Waals surface area contributed by atoms with Crippen LogP contribution in [0.2, 0.25) is 0 Å². The summed E-state index contributed by atoms with van der Waals surface area (Å²) in [6.45, 7) is 6.81. The third-order valence-corrected chi connectivity index (χ3v) is 4.51. The molecule has 2 aromatic carbocycles. The highest BCUT2D eigenvalue weighted by molar-refractivity contribution is 5.63. The monoisotopic (exact) mass is 444 g/mol. The zero-order valence-corrected chi connectivity index (χ0v) is 18.3. The van der Waals surface area contributed by atoms with E-state index in [0.29, 0.717) is 23.9 Å². The molecule has 0 aliphatic carbocycles. The second-order valence-electron chi connectivity index (χ2n) is 7.87. The number of aromatic nitrogens is 2. The number of hydrogen-bond donors (Lipinski definition) is 2. The Morgan fingerprint density at radius 1 is 1.00 bits per heavy atom. The molecule has 1 heterocycles. The molecule has 0 aliphatic rings. The molecule has 0 fully saturated rings. The molecule has 170 valence electrons. The second kappa shape index (κ2) is 10.3. The predicted molar refractivity (Wildman–Crippen MR) is 121 cm³/mol. The molecule has 3 rings (SSSR count). The minimum Gasteiger partial charge on any atom is -0.494 e. The van der Waals surface area contributed by atoms with E-state index in [-0.39, 0.29) is 11.8 Å². The van der Waals surface area contributed by atoms with E-state index in [1.165, 1.54) is 0 Å². The van der Waals surface area contributed by atoms with Crippen molar-refractivity contribution in [2.75, 3.05) is 17.2 Å². The lowest BCUT2D eigenvalue weighted by molar-refractivity contribution is -0.137. The number of hydrogen-bond acceptors (Lipinski definition) is 5. The van der Waals surface area contributed by atoms with Gasteiger partial charge < -0.3 is 15.4 Å². The number of nitrogens with zero attached hydrogens (tertiary/aromatic N) is 2. The zero-order chi connectivity index (χ0) is 23.1. The number of halogens is 3. The fourth-order valence-electron chi connectivity index (χ4n) is 3.11. The van der Waals surface area contributed by atoms with E-state index in [4.69, 9.17) is 4.74 Å². The van der Waals surface area contributed by atoms with Crippen LogP contribution in [0.1, 0.15) is 38.3 Å². The van der Waals surface area contributed by atoms with Gasteiger partial charge in [0.2, 0.25) is 5.95 Å². The third kappa shape index (κ3) is 6.60. The summed E-state index contributed by atoms with van der Waals surface area (Å²) in [5, 5.41) is 5.76. The number of ether oxygens (including phenoxy) is 1. The topological polar surface area (TPSA) is 59.1 Å². The normalized spacial score (nSPS) is 11.5. The van der Waals surface area contributed by atoms with Gasteiger partial charge in [-0.05, 0) is 60.7 Å². The number of nitrogens with one attached hydrogen (secondary N) is 2. The zero-order valence-electron chi connectivity index (χ0n) is 18.3. The summed E-state index contributed by atoms with van der Waals surface area (Å²) in [6.07, 6.45) is -2.07. The minimum absolute atomic E-state index is 0.0565. The number of alkyl halides is 3. The molecule has 0 spiro atoms. The molecule has 5 nitrogen and oxygen atoms in total. The van der Waals surface area contributed by atoms with Crippen molar-refractivity contribution >= 4 is 23.1 Å². The Hall–Kier alpha value is -3.29. The van der Waals surface area contributed by atoms with Crippen molar-refractivity contribution in [3.05, 3.63) is 65.9 Å². The average molecular weight is 445 g/mol. The first kappa shape index (κ1) is 23.4. The SMILES string of the molecule is CCCOc1ccc(Nc2ncc(C(F)(F)F)c(Nc3cccc(CC(C)C)c3)n2)cc1. The van der Waals surface area contributed by atoms with Crippen LogP contribution >= 0.6 is 0 Å². The molecule has 0 radical (unpaired) electrons. The number of rotatable bonds is 9. The lowest BCUT2D eigenvalue weighted by Crippen LogP contribution is -2.12. The van der Waals surface area contributed by atoms with Crippen LogP contribution in [0.4, 0.5) is 36.3 Å². The molecule has 0 amide bonds. The smallest absolute Gasteiger partial charge is 0.421 e. The van der Waals surface area contributed by atoms with Gasteiger partial charge in [-0.2, -0.15) is 18.2 Å². The largest absolute Gasteiger partial charge is 0.494 e. The van der Waals surface area contributed by atoms with Crippen LogP contribution < -0.4 is 15.4 Å². The summed E-state index contributed by atoms with van der Waals surface area (Å²) in [5.74, 6) is 0.902. The molecular weight excluding hydrogens is 417 g/mol. The molecule has 8 heteroatoms. The van der Waals surface area contributed by atoms with E-state index in [0.717, 1.165) is 30.4 Å². The van der Waals surface area contributed by atoms with Crippen molar-refractivity contribution in [1.29, 1.82) is 0 Å². The van der Waals surface area contributed by atoms with Gasteiger partial charge in [0.1, 0.15) is 17.1 Å². The highest BCUT2D eigenvalue weighted by Gasteiger charge is 2.35. The Balaban J connectivity index is 1.84. The lowest BCUT2D eigenvalue weighted by Gasteiger charge is -2.16. The quantitative estimate of drug-likeness (QED) is 0.373. The number of anilines is 4. The van der Waals surface area contributed by atoms with Gasteiger partial charge in [-0.1, -0.05) is 32.9 Å². The summed E-state index contributed by atoms with van der Waals surface area (Å²) in [6, 6.07) is 14.4. The van der Waals surface area contributed by atoms with Gasteiger partial charge in [0, 0.05) is 17.6 Å². The molecule has 2 N–H and O–H groups in total. The van der Waals surface area contributed by atoms with Gasteiger partial charge in [0.15, 0.2) is 0 Å². The van der Waals surface area contributed by atoms with E-state index < -0.39 is 11.7 Å². The van der Waals surface area contributed by atoms with Gasteiger partial charge in [-0.15, -0.1) is 0 Å². The average Bonchev–Trinajstić information content (AvgIpc) is 2.72. The maximum Gasteiger partial charge on any atom is 0.421 e. The van der Waals surface area contributed by atoms with E-state index >= 15 is 0 Å². The maximum atomic E-state index is 13.6. The van der Waals surface area contributed by atoms with E-state index in [2.05, 4.69) is 34.4 Å². The van der Waals surface area contributed by atoms with Gasteiger partial charge >= 0.3 is 6.18 Å². The van der Waals surface area contributed by atoms with Crippen LogP contribution in [0.5, 0.6) is 5.75 Å². The first-order chi connectivity index (χ1) is 15.2. The van der Waals surface area contributed by atoms with Gasteiger partial charge in [-0.25, -0.2) is 4.98 Å². The molecule has 0 saturated heterocycles. The van der Waals surface area contributed by atoms with Crippen LogP contribution in [0.15, 0.2) is 54.7 Å². The van der Waals surface area contributed by atoms with Crippen molar-refractivity contribution in [3.8, 4) is 5.75 Å². The fourth-order valence-corrected chi connectivity index (χ4v) is 3.11. The Bertz CT molecular complexity index is 1020. The van der Waals surface area contributed by atoms with Crippen molar-refractivity contribution in [1.82, 2.24) is 9.97 Å². The summed E-state index contributed by atoms with van der Waals surface area (Å²) >= 11 is 0. The predicted octanol–water partition coefficient (Wildman–Crippen LogP) is 6.97. The van der Waals surface area contributed by atoms with Crippen molar-refractivity contribution in [3.63, 3.8) is 0 Å². The maximum absolute atomic E-state index is 13.6. The van der Waals surface area contributed by atoms with Crippen LogP contribution in [-0.4, -0.2) is 16.6 Å². The molecule has 32 heavy (non-hydrogen) atoms. The summed E-state index contributed by atoms with van der Waals surface area (Å²) in [5.41, 5.74) is 1.28. The van der Waals surface area contributed by atoms with Gasteiger partial charge in [0.05, 0.1) is 6.61 Å². The van der Waals surface area contributed by atoms with Crippen LogP contribution in [0, 0.1) is 5.92 Å². The van der Waals surface area contributed by atoms with Crippen LogP contribution in [-0.2, 0) is 12.6 Å². The Labute approximate surface area is 186 Å². The minimum atomic E-state index is -4.59. The highest BCUT2D eigenvalue weighted by atomic mass is 19.4. The van der Waals surface area contributed by atoms with Gasteiger partial charge in [-0.3, -0.25) is 0 Å². The molecule has 0 unspecified atom stereocenters. The lowest BCUT2D eigenvalue weighted by atomic mass is 10.0. The summed E-state index contributed by atoms with van der Waals surface area (Å²) in [4.78, 5) is 7.97. The Morgan fingerprint density at radius 3 is 2.41 bits per heavy atom.